The minimum absolute atomic E-state index is 0.0712. The van der Waals surface area contributed by atoms with Gasteiger partial charge in [-0.3, -0.25) is 4.79 Å². The van der Waals surface area contributed by atoms with E-state index in [1.165, 1.54) is 23.6 Å². The zero-order valence-electron chi connectivity index (χ0n) is 17.4. The largest absolute Gasteiger partial charge is 0.452 e. The van der Waals surface area contributed by atoms with E-state index in [4.69, 9.17) is 10.00 Å². The van der Waals surface area contributed by atoms with Crippen LogP contribution in [0.25, 0.3) is 16.8 Å². The average Bonchev–Trinajstić information content (AvgIpc) is 3.32. The first kappa shape index (κ1) is 20.2. The molecular weight excluding hydrogens is 429 g/mol. The number of fused-ring (bicyclic) bond motifs is 1. The second kappa shape index (κ2) is 7.73. The van der Waals surface area contributed by atoms with E-state index in [-0.39, 0.29) is 17.6 Å². The van der Waals surface area contributed by atoms with Crippen LogP contribution in [-0.2, 0) is 0 Å². The van der Waals surface area contributed by atoms with E-state index in [1.54, 1.807) is 33.8 Å². The van der Waals surface area contributed by atoms with E-state index in [0.717, 1.165) is 10.7 Å². The second-order valence-electron chi connectivity index (χ2n) is 7.69. The van der Waals surface area contributed by atoms with Gasteiger partial charge in [0.25, 0.3) is 5.91 Å². The minimum atomic E-state index is -0.508. The molecule has 4 aromatic rings. The number of halogens is 1. The van der Waals surface area contributed by atoms with Crippen LogP contribution in [0.3, 0.4) is 0 Å². The summed E-state index contributed by atoms with van der Waals surface area (Å²) in [4.78, 5) is 18.9. The van der Waals surface area contributed by atoms with E-state index in [2.05, 4.69) is 16.2 Å². The molecule has 1 fully saturated rings. The van der Waals surface area contributed by atoms with Crippen molar-refractivity contribution < 1.29 is 13.9 Å². The molecule has 7 nitrogen and oxygen atoms in total. The Morgan fingerprint density at radius 1 is 1.28 bits per heavy atom. The van der Waals surface area contributed by atoms with Crippen LogP contribution < -0.4 is 4.74 Å². The number of carbonyl (C=O) groups is 1. The van der Waals surface area contributed by atoms with Crippen LogP contribution >= 0.6 is 11.3 Å². The van der Waals surface area contributed by atoms with Crippen LogP contribution in [0.2, 0.25) is 0 Å². The van der Waals surface area contributed by atoms with Gasteiger partial charge in [0.2, 0.25) is 0 Å². The number of aryl methyl sites for hydroxylation is 2. The summed E-state index contributed by atoms with van der Waals surface area (Å²) >= 11 is 1.51. The number of benzene rings is 1. The molecule has 4 heterocycles. The first-order valence-corrected chi connectivity index (χ1v) is 10.9. The SMILES string of the molecule is Cc1nc(-c2ccc(Oc3ccnn4cc(C(=O)N5CC(C#N)C5)c(C)c34)c(F)c2)cs1. The molecule has 9 heteroatoms. The van der Waals surface area contributed by atoms with E-state index in [0.29, 0.717) is 41.0 Å². The maximum absolute atomic E-state index is 14.8. The molecule has 1 aromatic carbocycles. The lowest BCUT2D eigenvalue weighted by Crippen LogP contribution is -2.49. The highest BCUT2D eigenvalue weighted by atomic mass is 32.1. The number of aromatic nitrogens is 3. The smallest absolute Gasteiger partial charge is 0.255 e. The molecule has 3 aromatic heterocycles. The van der Waals surface area contributed by atoms with E-state index in [9.17, 15) is 9.18 Å². The Bertz CT molecular complexity index is 1400. The molecule has 0 radical (unpaired) electrons. The van der Waals surface area contributed by atoms with Crippen molar-refractivity contribution in [3.05, 3.63) is 64.0 Å². The fourth-order valence-electron chi connectivity index (χ4n) is 3.78. The molecule has 0 saturated carbocycles. The number of thiazole rings is 1. The van der Waals surface area contributed by atoms with Crippen molar-refractivity contribution in [3.63, 3.8) is 0 Å². The molecule has 1 saturated heterocycles. The van der Waals surface area contributed by atoms with E-state index < -0.39 is 5.82 Å². The molecule has 32 heavy (non-hydrogen) atoms. The highest BCUT2D eigenvalue weighted by Crippen LogP contribution is 2.34. The molecular formula is C23H18FN5O2S. The summed E-state index contributed by atoms with van der Waals surface area (Å²) in [6.07, 6.45) is 3.18. The summed E-state index contributed by atoms with van der Waals surface area (Å²) in [6.45, 7) is 4.56. The van der Waals surface area contributed by atoms with Gasteiger partial charge in [-0.2, -0.15) is 10.4 Å². The fraction of sp³-hybridized carbons (Fsp3) is 0.217. The molecule has 160 valence electrons. The number of likely N-dealkylation sites (tertiary alicyclic amines) is 1. The topological polar surface area (TPSA) is 83.5 Å². The second-order valence-corrected chi connectivity index (χ2v) is 8.75. The third kappa shape index (κ3) is 3.39. The summed E-state index contributed by atoms with van der Waals surface area (Å²) in [5, 5.41) is 16.0. The molecule has 1 amide bonds. The van der Waals surface area contributed by atoms with Crippen LogP contribution in [0.15, 0.2) is 42.0 Å². The molecule has 0 N–H and O–H groups in total. The molecule has 0 spiro atoms. The molecule has 1 aliphatic rings. The van der Waals surface area contributed by atoms with Crippen LogP contribution in [0, 0.1) is 36.9 Å². The van der Waals surface area contributed by atoms with Crippen molar-refractivity contribution in [2.45, 2.75) is 13.8 Å². The zero-order valence-corrected chi connectivity index (χ0v) is 18.2. The Kier molecular flexibility index (Phi) is 4.87. The summed E-state index contributed by atoms with van der Waals surface area (Å²) in [6, 6.07) is 8.54. The van der Waals surface area contributed by atoms with Gasteiger partial charge in [-0.25, -0.2) is 13.9 Å². The van der Waals surface area contributed by atoms with Crippen molar-refractivity contribution in [2.24, 2.45) is 5.92 Å². The predicted molar refractivity (Wildman–Crippen MR) is 117 cm³/mol. The monoisotopic (exact) mass is 447 g/mol. The summed E-state index contributed by atoms with van der Waals surface area (Å²) < 4.78 is 22.3. The predicted octanol–water partition coefficient (Wildman–Crippen LogP) is 4.60. The lowest BCUT2D eigenvalue weighted by Gasteiger charge is -2.35. The molecule has 0 atom stereocenters. The van der Waals surface area contributed by atoms with Crippen molar-refractivity contribution >= 4 is 22.8 Å². The van der Waals surface area contributed by atoms with Crippen LogP contribution in [-0.4, -0.2) is 38.5 Å². The Labute approximate surface area is 187 Å². The molecule has 0 unspecified atom stereocenters. The number of rotatable bonds is 4. The van der Waals surface area contributed by atoms with Crippen molar-refractivity contribution in [1.82, 2.24) is 19.5 Å². The Morgan fingerprint density at radius 2 is 2.09 bits per heavy atom. The third-order valence-electron chi connectivity index (χ3n) is 5.54. The minimum Gasteiger partial charge on any atom is -0.452 e. The zero-order chi connectivity index (χ0) is 22.4. The number of hydrogen-bond donors (Lipinski definition) is 0. The summed E-state index contributed by atoms with van der Waals surface area (Å²) in [5.41, 5.74) is 3.16. The van der Waals surface area contributed by atoms with Crippen LogP contribution in [0.1, 0.15) is 20.9 Å². The molecule has 5 rings (SSSR count). The molecule has 0 bridgehead atoms. The van der Waals surface area contributed by atoms with Gasteiger partial charge < -0.3 is 9.64 Å². The number of nitrogens with zero attached hydrogens (tertiary/aromatic N) is 5. The maximum atomic E-state index is 14.8. The quantitative estimate of drug-likeness (QED) is 0.457. The van der Waals surface area contributed by atoms with Gasteiger partial charge in [0, 0.05) is 36.3 Å². The lowest BCUT2D eigenvalue weighted by atomic mass is 10.0. The standard InChI is InChI=1S/C23H18FN5O2S/c1-13-17(23(30)28-9-15(8-25)10-28)11-29-22(13)21(5-6-26-29)31-20-4-3-16(7-18(20)24)19-12-32-14(2)27-19/h3-7,11-12,15H,9-10H2,1-2H3. The maximum Gasteiger partial charge on any atom is 0.255 e. The van der Waals surface area contributed by atoms with Gasteiger partial charge in [0.05, 0.1) is 34.4 Å². The van der Waals surface area contributed by atoms with Crippen molar-refractivity contribution in [2.75, 3.05) is 13.1 Å². The molecule has 1 aliphatic heterocycles. The lowest BCUT2D eigenvalue weighted by molar-refractivity contribution is 0.0576. The van der Waals surface area contributed by atoms with Gasteiger partial charge in [-0.05, 0) is 37.6 Å². The van der Waals surface area contributed by atoms with Gasteiger partial charge >= 0.3 is 0 Å². The fourth-order valence-corrected chi connectivity index (χ4v) is 4.40. The Balaban J connectivity index is 1.46. The van der Waals surface area contributed by atoms with Gasteiger partial charge in [0.1, 0.15) is 5.52 Å². The Morgan fingerprint density at radius 3 is 2.78 bits per heavy atom. The first-order valence-electron chi connectivity index (χ1n) is 10.0. The number of amides is 1. The first-order chi connectivity index (χ1) is 15.4. The average molecular weight is 447 g/mol. The number of nitriles is 1. The number of ether oxygens (including phenoxy) is 1. The number of hydrogen-bond acceptors (Lipinski definition) is 6. The van der Waals surface area contributed by atoms with Crippen LogP contribution in [0.5, 0.6) is 11.5 Å². The normalized spacial score (nSPS) is 13.8. The number of carbonyl (C=O) groups excluding carboxylic acids is 1. The van der Waals surface area contributed by atoms with E-state index in [1.807, 2.05) is 19.2 Å². The van der Waals surface area contributed by atoms with E-state index >= 15 is 0 Å². The van der Waals surface area contributed by atoms with Gasteiger partial charge in [-0.1, -0.05) is 0 Å². The van der Waals surface area contributed by atoms with Crippen molar-refractivity contribution in [3.8, 4) is 28.8 Å². The third-order valence-corrected chi connectivity index (χ3v) is 6.31. The molecule has 0 aliphatic carbocycles. The highest BCUT2D eigenvalue weighted by Gasteiger charge is 2.33. The van der Waals surface area contributed by atoms with Crippen molar-refractivity contribution in [1.29, 1.82) is 5.26 Å². The van der Waals surface area contributed by atoms with Gasteiger partial charge in [0.15, 0.2) is 17.3 Å². The van der Waals surface area contributed by atoms with Crippen LogP contribution in [0.4, 0.5) is 4.39 Å². The van der Waals surface area contributed by atoms with Gasteiger partial charge in [-0.15, -0.1) is 11.3 Å². The summed E-state index contributed by atoms with van der Waals surface area (Å²) in [7, 11) is 0. The Hall–Kier alpha value is -3.77. The highest BCUT2D eigenvalue weighted by molar-refractivity contribution is 7.09. The summed E-state index contributed by atoms with van der Waals surface area (Å²) in [5.74, 6) is -0.313.